The lowest BCUT2D eigenvalue weighted by molar-refractivity contribution is -0.0122. The Kier molecular flexibility index (Phi) is 14.3. The maximum absolute atomic E-state index is 10.2. The Morgan fingerprint density at radius 3 is 1.72 bits per heavy atom. The van der Waals surface area contributed by atoms with Crippen molar-refractivity contribution < 1.29 is 19.7 Å². The molecule has 7 aliphatic rings. The number of epoxide rings is 1. The number of piperidine rings is 4. The number of aliphatic hydroxyl groups is 1. The first kappa shape index (κ1) is 46.7. The van der Waals surface area contributed by atoms with Crippen LogP contribution in [0.15, 0.2) is 36.4 Å². The summed E-state index contributed by atoms with van der Waals surface area (Å²) >= 11 is 0. The van der Waals surface area contributed by atoms with E-state index in [2.05, 4.69) is 110 Å². The van der Waals surface area contributed by atoms with Crippen molar-refractivity contribution in [3.63, 3.8) is 0 Å². The number of likely N-dealkylation sites (N-methyl/N-ethyl adjacent to an activating group) is 4. The van der Waals surface area contributed by atoms with Crippen LogP contribution < -0.4 is 10.1 Å². The minimum atomic E-state index is -0.610. The van der Waals surface area contributed by atoms with Crippen LogP contribution in [0.5, 0.6) is 11.5 Å². The average Bonchev–Trinajstić information content (AvgIpc) is 3.92. The van der Waals surface area contributed by atoms with Crippen molar-refractivity contribution in [1.82, 2.24) is 29.8 Å². The van der Waals surface area contributed by atoms with E-state index in [0.717, 1.165) is 70.3 Å². The molecule has 5 fully saturated rings. The molecular formula is C51H84N6O4. The summed E-state index contributed by atoms with van der Waals surface area (Å²) in [5.74, 6) is 2.95. The first-order valence-corrected chi connectivity index (χ1v) is 23.9. The second kappa shape index (κ2) is 18.7. The van der Waals surface area contributed by atoms with E-state index in [0.29, 0.717) is 35.8 Å². The van der Waals surface area contributed by atoms with Gasteiger partial charge in [-0.3, -0.25) is 0 Å². The number of aromatic hydroxyl groups is 1. The predicted molar refractivity (Wildman–Crippen MR) is 249 cm³/mol. The van der Waals surface area contributed by atoms with Crippen molar-refractivity contribution in [2.75, 3.05) is 101 Å². The van der Waals surface area contributed by atoms with Gasteiger partial charge >= 0.3 is 0 Å². The number of methoxy groups -OCH3 is 1. The highest BCUT2D eigenvalue weighted by Crippen LogP contribution is 2.49. The smallest absolute Gasteiger partial charge is 0.119 e. The van der Waals surface area contributed by atoms with Crippen LogP contribution in [0.1, 0.15) is 102 Å². The van der Waals surface area contributed by atoms with Gasteiger partial charge < -0.3 is 49.5 Å². The number of benzene rings is 2. The quantitative estimate of drug-likeness (QED) is 0.262. The first-order valence-electron chi connectivity index (χ1n) is 23.9. The van der Waals surface area contributed by atoms with Gasteiger partial charge in [-0.15, -0.1) is 0 Å². The highest BCUT2D eigenvalue weighted by Gasteiger charge is 2.53. The van der Waals surface area contributed by atoms with E-state index in [1.807, 2.05) is 26.0 Å². The molecule has 0 aromatic heterocycles. The van der Waals surface area contributed by atoms with Gasteiger partial charge in [-0.25, -0.2) is 0 Å². The Morgan fingerprint density at radius 2 is 1.25 bits per heavy atom. The zero-order valence-corrected chi connectivity index (χ0v) is 40.1. The third-order valence-electron chi connectivity index (χ3n) is 16.2. The molecule has 5 aliphatic heterocycles. The average molecular weight is 845 g/mol. The molecule has 5 saturated heterocycles. The number of fused-ring (bicyclic) bond motifs is 8. The van der Waals surface area contributed by atoms with Crippen LogP contribution in [0.25, 0.3) is 0 Å². The maximum atomic E-state index is 10.2. The molecule has 0 saturated carbocycles. The van der Waals surface area contributed by atoms with Crippen LogP contribution in [0.2, 0.25) is 0 Å². The molecule has 5 heterocycles. The summed E-state index contributed by atoms with van der Waals surface area (Å²) in [6, 6.07) is 15.0. The van der Waals surface area contributed by atoms with Crippen LogP contribution in [-0.2, 0) is 28.4 Å². The fourth-order valence-electron chi connectivity index (χ4n) is 12.7. The topological polar surface area (TPSA) is 90.5 Å². The molecule has 9 rings (SSSR count). The fraction of sp³-hybridized carbons (Fsp3) is 0.765. The van der Waals surface area contributed by atoms with Crippen molar-refractivity contribution in [3.8, 4) is 11.5 Å². The number of hydrogen-bond acceptors (Lipinski definition) is 10. The summed E-state index contributed by atoms with van der Waals surface area (Å²) in [7, 11) is 11.1. The lowest BCUT2D eigenvalue weighted by Gasteiger charge is -2.58. The first-order chi connectivity index (χ1) is 28.8. The number of β-amino-alcohol motifs (C(OH)–C–C–N with tert-alkyl or cyclic N) is 1. The number of hydrogen-bond donors (Lipinski definition) is 3. The molecule has 0 radical (unpaired) electrons. The van der Waals surface area contributed by atoms with Crippen molar-refractivity contribution >= 4 is 0 Å². The van der Waals surface area contributed by atoms with E-state index < -0.39 is 5.60 Å². The molecule has 0 spiro atoms. The fourth-order valence-corrected chi connectivity index (χ4v) is 12.7. The van der Waals surface area contributed by atoms with Crippen LogP contribution in [-0.4, -0.2) is 171 Å². The Balaban J connectivity index is 0.000000166. The highest BCUT2D eigenvalue weighted by atomic mass is 16.6. The van der Waals surface area contributed by atoms with E-state index in [9.17, 15) is 10.2 Å². The molecule has 10 nitrogen and oxygen atoms in total. The largest absolute Gasteiger partial charge is 0.508 e. The number of nitrogens with one attached hydrogen (secondary N) is 1. The van der Waals surface area contributed by atoms with Crippen molar-refractivity contribution in [2.45, 2.75) is 139 Å². The molecule has 2 aliphatic carbocycles. The lowest BCUT2D eigenvalue weighted by atomic mass is 9.61. The number of phenolic OH excluding ortho intramolecular Hbond substituents is 1. The SMILES string of the molecule is CC1(C)CO1.CN1CC[C@@]2(C)c3cc(O)ccc3C[C@@H]1[C@@H]2N(C)CC1CCN(CC(C)(C)O)CC1.COc1ccc2c(c1)[C@]1(C)CCN(C)[C@H](C2)[C@@H]1N(C)CC1CCNCC1. The summed E-state index contributed by atoms with van der Waals surface area (Å²) < 4.78 is 10.5. The predicted octanol–water partition coefficient (Wildman–Crippen LogP) is 6.00. The molecule has 6 atom stereocenters. The minimum absolute atomic E-state index is 0.0832. The molecule has 0 unspecified atom stereocenters. The minimum Gasteiger partial charge on any atom is -0.508 e. The van der Waals surface area contributed by atoms with Crippen LogP contribution in [0, 0.1) is 11.8 Å². The van der Waals surface area contributed by atoms with Crippen molar-refractivity contribution in [1.29, 1.82) is 0 Å². The zero-order chi connectivity index (χ0) is 43.9. The van der Waals surface area contributed by atoms with Crippen molar-refractivity contribution in [3.05, 3.63) is 58.7 Å². The number of rotatable bonds is 9. The highest BCUT2D eigenvalue weighted by molar-refractivity contribution is 5.47. The summed E-state index contributed by atoms with van der Waals surface area (Å²) in [5.41, 5.74) is 5.77. The van der Waals surface area contributed by atoms with E-state index in [1.54, 1.807) is 7.11 Å². The second-order valence-corrected chi connectivity index (χ2v) is 22.2. The number of nitrogens with zero attached hydrogens (tertiary/aromatic N) is 5. The van der Waals surface area contributed by atoms with Gasteiger partial charge in [-0.1, -0.05) is 26.0 Å². The number of likely N-dealkylation sites (tertiary alicyclic amines) is 3. The Labute approximate surface area is 370 Å². The Morgan fingerprint density at radius 1 is 0.770 bits per heavy atom. The molecule has 0 amide bonds. The summed E-state index contributed by atoms with van der Waals surface area (Å²) in [6.07, 6.45) is 9.64. The Bertz CT molecular complexity index is 1760. The van der Waals surface area contributed by atoms with Gasteiger partial charge in [0.05, 0.1) is 24.9 Å². The van der Waals surface area contributed by atoms with E-state index in [4.69, 9.17) is 9.47 Å². The van der Waals surface area contributed by atoms with Gasteiger partial charge in [0.25, 0.3) is 0 Å². The molecule has 61 heavy (non-hydrogen) atoms. The maximum Gasteiger partial charge on any atom is 0.119 e. The third kappa shape index (κ3) is 10.6. The standard InChI is InChI=1S/C25H41N3O2.C22H35N3O.C4H8O/c1-24(2,30)17-28-11-8-18(9-12-28)16-27(5)23-22-14-19-6-7-20(29)15-21(19)25(23,3)10-13-26(22)4;1-22-9-12-24(2)20(13-17-5-6-18(26-4)14-19(17)22)21(22)25(3)15-16-7-10-23-11-8-16;1-4(2)3-5-4/h6-7,15,18,22-23,29-30H,8-14,16-17H2,1-5H3;5-6,14,16,20-21,23H,7-13,15H2,1-4H3;3H2,1-2H3/t22-,23+,25+;20-,21+,22+;/m11./s1. The number of ether oxygens (including phenoxy) is 2. The molecular weight excluding hydrogens is 761 g/mol. The molecule has 3 N–H and O–H groups in total. The second-order valence-electron chi connectivity index (χ2n) is 22.2. The van der Waals surface area contributed by atoms with Gasteiger partial charge in [-0.2, -0.15) is 0 Å². The van der Waals surface area contributed by atoms with Crippen molar-refractivity contribution in [2.24, 2.45) is 11.8 Å². The molecule has 10 heteroatoms. The molecule has 2 aromatic rings. The summed E-state index contributed by atoms with van der Waals surface area (Å²) in [4.78, 5) is 12.9. The Hall–Kier alpha value is -2.28. The van der Waals surface area contributed by atoms with Gasteiger partial charge in [0.2, 0.25) is 0 Å². The van der Waals surface area contributed by atoms with E-state index in [1.165, 1.54) is 80.5 Å². The normalized spacial score (nSPS) is 31.6. The van der Waals surface area contributed by atoms with Gasteiger partial charge in [0.15, 0.2) is 0 Å². The number of phenols is 1. The van der Waals surface area contributed by atoms with Crippen LogP contribution >= 0.6 is 0 Å². The van der Waals surface area contributed by atoms with E-state index in [-0.39, 0.29) is 16.4 Å². The van der Waals surface area contributed by atoms with Crippen LogP contribution in [0.4, 0.5) is 0 Å². The summed E-state index contributed by atoms with van der Waals surface area (Å²) in [5, 5.41) is 23.8. The lowest BCUT2D eigenvalue weighted by Crippen LogP contribution is -2.66. The molecule has 4 bridgehead atoms. The third-order valence-corrected chi connectivity index (χ3v) is 16.2. The zero-order valence-electron chi connectivity index (χ0n) is 40.1. The van der Waals surface area contributed by atoms with E-state index >= 15 is 0 Å². The van der Waals surface area contributed by atoms with Gasteiger partial charge in [-0.05, 0) is 205 Å². The van der Waals surface area contributed by atoms with Crippen LogP contribution in [0.3, 0.4) is 0 Å². The van der Waals surface area contributed by atoms with Gasteiger partial charge in [0, 0.05) is 54.6 Å². The molecule has 342 valence electrons. The van der Waals surface area contributed by atoms with Gasteiger partial charge in [0.1, 0.15) is 11.5 Å². The molecule has 2 aromatic carbocycles. The monoisotopic (exact) mass is 845 g/mol. The summed E-state index contributed by atoms with van der Waals surface area (Å²) in [6.45, 7) is 23.8.